The quantitative estimate of drug-likeness (QED) is 0.738. The van der Waals surface area contributed by atoms with Gasteiger partial charge >= 0.3 is 0 Å². The first-order valence-corrected chi connectivity index (χ1v) is 4.28. The maximum atomic E-state index is 10.8. The second-order valence-corrected chi connectivity index (χ2v) is 4.35. The van der Waals surface area contributed by atoms with E-state index in [1.54, 1.807) is 6.07 Å². The third-order valence-electron chi connectivity index (χ3n) is 1.11. The van der Waals surface area contributed by atoms with E-state index in [0.29, 0.717) is 10.6 Å². The van der Waals surface area contributed by atoms with Gasteiger partial charge in [-0.1, -0.05) is 0 Å². The highest BCUT2D eigenvalue weighted by Crippen LogP contribution is 2.29. The highest BCUT2D eigenvalue weighted by Gasteiger charge is 2.07. The van der Waals surface area contributed by atoms with Gasteiger partial charge in [0.25, 0.3) is 0 Å². The summed E-state index contributed by atoms with van der Waals surface area (Å²) in [5.74, 6) is 0.0134. The van der Waals surface area contributed by atoms with Crippen LogP contribution in [-0.2, 0) is 0 Å². The molecule has 0 saturated heterocycles. The van der Waals surface area contributed by atoms with E-state index in [0.717, 1.165) is 3.79 Å². The molecule has 0 bridgehead atoms. The van der Waals surface area contributed by atoms with E-state index in [1.165, 1.54) is 18.3 Å². The van der Waals surface area contributed by atoms with Crippen molar-refractivity contribution in [3.8, 4) is 0 Å². The van der Waals surface area contributed by atoms with Crippen LogP contribution in [0.4, 0.5) is 5.00 Å². The molecule has 1 heterocycles. The number of nitrogens with two attached hydrogens (primary N) is 1. The summed E-state index contributed by atoms with van der Waals surface area (Å²) >= 11 is 4.61. The first-order chi connectivity index (χ1) is 4.61. The molecule has 2 nitrogen and oxygen atoms in total. The maximum Gasteiger partial charge on any atom is 0.162 e. The fourth-order valence-corrected chi connectivity index (χ4v) is 2.10. The van der Waals surface area contributed by atoms with Crippen LogP contribution in [0.15, 0.2) is 9.85 Å². The molecule has 1 aromatic heterocycles. The summed E-state index contributed by atoms with van der Waals surface area (Å²) in [4.78, 5) is 10.8. The molecule has 10 heavy (non-hydrogen) atoms. The largest absolute Gasteiger partial charge is 0.390 e. The molecule has 1 rings (SSSR count). The number of carbonyl (C=O) groups excluding carboxylic acids is 1. The summed E-state index contributed by atoms with van der Waals surface area (Å²) in [5.41, 5.74) is 6.12. The van der Waals surface area contributed by atoms with Crippen molar-refractivity contribution in [2.45, 2.75) is 6.92 Å². The van der Waals surface area contributed by atoms with Gasteiger partial charge in [-0.2, -0.15) is 0 Å². The highest BCUT2D eigenvalue weighted by atomic mass is 79.9. The van der Waals surface area contributed by atoms with Gasteiger partial charge in [0.2, 0.25) is 0 Å². The van der Waals surface area contributed by atoms with Gasteiger partial charge in [0.05, 0.1) is 14.4 Å². The molecule has 0 radical (unpaired) electrons. The molecule has 0 aliphatic carbocycles. The fraction of sp³-hybridized carbons (Fsp3) is 0.167. The van der Waals surface area contributed by atoms with Crippen molar-refractivity contribution < 1.29 is 4.79 Å². The van der Waals surface area contributed by atoms with Crippen molar-refractivity contribution in [1.29, 1.82) is 0 Å². The van der Waals surface area contributed by atoms with Gasteiger partial charge in [0, 0.05) is 0 Å². The molecule has 0 spiro atoms. The van der Waals surface area contributed by atoms with Crippen molar-refractivity contribution in [2.24, 2.45) is 0 Å². The first kappa shape index (κ1) is 7.75. The van der Waals surface area contributed by atoms with E-state index in [-0.39, 0.29) is 5.78 Å². The van der Waals surface area contributed by atoms with Crippen LogP contribution in [0.3, 0.4) is 0 Å². The normalized spacial score (nSPS) is 9.80. The van der Waals surface area contributed by atoms with Crippen LogP contribution in [0.2, 0.25) is 0 Å². The number of thiophene rings is 1. The van der Waals surface area contributed by atoms with E-state index in [1.807, 2.05) is 0 Å². The van der Waals surface area contributed by atoms with Gasteiger partial charge in [-0.15, -0.1) is 11.3 Å². The molecule has 0 saturated carbocycles. The third kappa shape index (κ3) is 1.38. The maximum absolute atomic E-state index is 10.8. The van der Waals surface area contributed by atoms with E-state index in [9.17, 15) is 4.79 Å². The minimum Gasteiger partial charge on any atom is -0.390 e. The Hall–Kier alpha value is -0.350. The molecule has 2 N–H and O–H groups in total. The van der Waals surface area contributed by atoms with Crippen molar-refractivity contribution in [1.82, 2.24) is 0 Å². The zero-order valence-electron chi connectivity index (χ0n) is 5.35. The molecule has 0 fully saturated rings. The molecular weight excluding hydrogens is 214 g/mol. The number of hydrogen-bond acceptors (Lipinski definition) is 3. The molecule has 0 atom stereocenters. The van der Waals surface area contributed by atoms with Crippen LogP contribution in [0, 0.1) is 0 Å². The Bertz CT molecular complexity index is 269. The zero-order chi connectivity index (χ0) is 7.72. The van der Waals surface area contributed by atoms with E-state index >= 15 is 0 Å². The Labute approximate surface area is 71.2 Å². The van der Waals surface area contributed by atoms with Crippen LogP contribution >= 0.6 is 27.3 Å². The average molecular weight is 220 g/mol. The average Bonchev–Trinajstić information content (AvgIpc) is 2.10. The van der Waals surface area contributed by atoms with Crippen LogP contribution in [0.1, 0.15) is 17.3 Å². The molecular formula is C6H6BrNOS. The zero-order valence-corrected chi connectivity index (χ0v) is 7.75. The molecule has 54 valence electrons. The third-order valence-corrected chi connectivity index (χ3v) is 2.58. The van der Waals surface area contributed by atoms with Gasteiger partial charge in [0.15, 0.2) is 5.78 Å². The summed E-state index contributed by atoms with van der Waals surface area (Å²) in [5, 5.41) is 0.583. The lowest BCUT2D eigenvalue weighted by Gasteiger charge is -1.87. The highest BCUT2D eigenvalue weighted by molar-refractivity contribution is 9.11. The smallest absolute Gasteiger partial charge is 0.162 e. The molecule has 0 amide bonds. The minimum absolute atomic E-state index is 0.0134. The summed E-state index contributed by atoms with van der Waals surface area (Å²) < 4.78 is 0.898. The lowest BCUT2D eigenvalue weighted by atomic mass is 10.2. The summed E-state index contributed by atoms with van der Waals surface area (Å²) in [6.07, 6.45) is 0. The van der Waals surface area contributed by atoms with Gasteiger partial charge in [-0.05, 0) is 28.9 Å². The second-order valence-electron chi connectivity index (χ2n) is 1.88. The van der Waals surface area contributed by atoms with Crippen LogP contribution in [0.5, 0.6) is 0 Å². The van der Waals surface area contributed by atoms with Crippen molar-refractivity contribution in [2.75, 3.05) is 5.73 Å². The Morgan fingerprint density at radius 1 is 1.80 bits per heavy atom. The molecule has 0 aliphatic heterocycles. The number of nitrogen functional groups attached to an aromatic ring is 1. The van der Waals surface area contributed by atoms with Crippen molar-refractivity contribution >= 4 is 38.1 Å². The Morgan fingerprint density at radius 2 is 2.40 bits per heavy atom. The number of hydrogen-bond donors (Lipinski definition) is 1. The van der Waals surface area contributed by atoms with Crippen molar-refractivity contribution in [3.05, 3.63) is 15.4 Å². The SMILES string of the molecule is CC(=O)c1cc(Br)sc1N. The molecule has 0 unspecified atom stereocenters. The topological polar surface area (TPSA) is 43.1 Å². The number of rotatable bonds is 1. The number of ketones is 1. The van der Waals surface area contributed by atoms with E-state index in [2.05, 4.69) is 15.9 Å². The lowest BCUT2D eigenvalue weighted by molar-refractivity contribution is 0.101. The number of Topliss-reactive ketones (excluding diaryl/α,β-unsaturated/α-hetero) is 1. The van der Waals surface area contributed by atoms with E-state index in [4.69, 9.17) is 5.73 Å². The summed E-state index contributed by atoms with van der Waals surface area (Å²) in [6, 6.07) is 1.74. The second kappa shape index (κ2) is 2.72. The predicted molar refractivity (Wildman–Crippen MR) is 46.4 cm³/mol. The molecule has 0 aromatic carbocycles. The van der Waals surface area contributed by atoms with Gasteiger partial charge < -0.3 is 5.73 Å². The van der Waals surface area contributed by atoms with Gasteiger partial charge in [0.1, 0.15) is 0 Å². The number of halogens is 1. The summed E-state index contributed by atoms with van der Waals surface area (Å²) in [7, 11) is 0. The Morgan fingerprint density at radius 3 is 2.60 bits per heavy atom. The van der Waals surface area contributed by atoms with Crippen LogP contribution in [0.25, 0.3) is 0 Å². The van der Waals surface area contributed by atoms with Gasteiger partial charge in [-0.25, -0.2) is 0 Å². The fourth-order valence-electron chi connectivity index (χ4n) is 0.649. The van der Waals surface area contributed by atoms with Crippen molar-refractivity contribution in [3.63, 3.8) is 0 Å². The molecule has 0 aliphatic rings. The van der Waals surface area contributed by atoms with Crippen LogP contribution in [-0.4, -0.2) is 5.78 Å². The Kier molecular flexibility index (Phi) is 2.11. The standard InChI is InChI=1S/C6H6BrNOS/c1-3(9)4-2-5(7)10-6(4)8/h2H,8H2,1H3. The first-order valence-electron chi connectivity index (χ1n) is 2.67. The number of carbonyl (C=O) groups is 1. The minimum atomic E-state index is 0.0134. The van der Waals surface area contributed by atoms with Crippen LogP contribution < -0.4 is 5.73 Å². The molecule has 1 aromatic rings. The summed E-state index contributed by atoms with van der Waals surface area (Å²) in [6.45, 7) is 1.50. The lowest BCUT2D eigenvalue weighted by Crippen LogP contribution is -1.93. The van der Waals surface area contributed by atoms with E-state index < -0.39 is 0 Å². The Balaban J connectivity index is 3.15. The molecule has 4 heteroatoms. The van der Waals surface area contributed by atoms with Gasteiger partial charge in [-0.3, -0.25) is 4.79 Å². The monoisotopic (exact) mass is 219 g/mol. The predicted octanol–water partition coefficient (Wildman–Crippen LogP) is 2.30. The number of anilines is 1.